The van der Waals surface area contributed by atoms with Gasteiger partial charge in [-0.05, 0) is 37.4 Å². The first-order valence-electron chi connectivity index (χ1n) is 6.52. The lowest BCUT2D eigenvalue weighted by Crippen LogP contribution is -2.23. The Labute approximate surface area is 102 Å². The Kier molecular flexibility index (Phi) is 2.93. The van der Waals surface area contributed by atoms with Gasteiger partial charge in [0.1, 0.15) is 18.1 Å². The molecule has 0 spiro atoms. The second-order valence-electron chi connectivity index (χ2n) is 5.13. The van der Waals surface area contributed by atoms with Gasteiger partial charge < -0.3 is 15.2 Å². The molecule has 1 atom stereocenters. The van der Waals surface area contributed by atoms with Crippen LogP contribution in [0.5, 0.6) is 11.5 Å². The maximum Gasteiger partial charge on any atom is 0.127 e. The Hall–Kier alpha value is -1.22. The molecule has 1 heterocycles. The van der Waals surface area contributed by atoms with Gasteiger partial charge in [-0.2, -0.15) is 0 Å². The Bertz CT molecular complexity index is 401. The van der Waals surface area contributed by atoms with Gasteiger partial charge in [0, 0.05) is 11.6 Å². The highest BCUT2D eigenvalue weighted by atomic mass is 16.5. The number of hydrogen-bond donors (Lipinski definition) is 2. The van der Waals surface area contributed by atoms with Crippen LogP contribution in [0, 0.1) is 5.92 Å². The number of phenolic OH excluding ortho intramolecular Hbond substituents is 1. The molecule has 1 aliphatic carbocycles. The first kappa shape index (κ1) is 10.9. The van der Waals surface area contributed by atoms with E-state index in [0.29, 0.717) is 12.6 Å². The highest BCUT2D eigenvalue weighted by Crippen LogP contribution is 2.35. The van der Waals surface area contributed by atoms with Gasteiger partial charge in [-0.15, -0.1) is 0 Å². The summed E-state index contributed by atoms with van der Waals surface area (Å²) in [4.78, 5) is 0. The SMILES string of the molecule is Oc1ccc2c(c1)OCC2NCCCC1CC1. The topological polar surface area (TPSA) is 41.5 Å². The van der Waals surface area contributed by atoms with Crippen molar-refractivity contribution in [2.75, 3.05) is 13.2 Å². The first-order valence-corrected chi connectivity index (χ1v) is 6.52. The van der Waals surface area contributed by atoms with Crippen molar-refractivity contribution in [1.82, 2.24) is 5.32 Å². The Morgan fingerprint density at radius 1 is 1.35 bits per heavy atom. The zero-order chi connectivity index (χ0) is 11.7. The van der Waals surface area contributed by atoms with Crippen molar-refractivity contribution in [1.29, 1.82) is 0 Å². The second-order valence-corrected chi connectivity index (χ2v) is 5.13. The lowest BCUT2D eigenvalue weighted by atomic mass is 10.1. The minimum Gasteiger partial charge on any atom is -0.508 e. The predicted octanol–water partition coefficient (Wildman–Crippen LogP) is 2.61. The zero-order valence-corrected chi connectivity index (χ0v) is 9.98. The average Bonchev–Trinajstić information content (AvgIpc) is 3.06. The van der Waals surface area contributed by atoms with Crippen molar-refractivity contribution in [2.45, 2.75) is 31.7 Å². The molecule has 3 rings (SSSR count). The van der Waals surface area contributed by atoms with Crippen molar-refractivity contribution >= 4 is 0 Å². The lowest BCUT2D eigenvalue weighted by Gasteiger charge is -2.11. The minimum atomic E-state index is 0.276. The van der Waals surface area contributed by atoms with Gasteiger partial charge >= 0.3 is 0 Å². The van der Waals surface area contributed by atoms with Crippen LogP contribution >= 0.6 is 0 Å². The largest absolute Gasteiger partial charge is 0.508 e. The van der Waals surface area contributed by atoms with Crippen LogP contribution in [0.3, 0.4) is 0 Å². The third-order valence-corrected chi connectivity index (χ3v) is 3.65. The van der Waals surface area contributed by atoms with E-state index in [1.54, 1.807) is 12.1 Å². The summed E-state index contributed by atoms with van der Waals surface area (Å²) in [6, 6.07) is 5.67. The van der Waals surface area contributed by atoms with Crippen LogP contribution in [0.2, 0.25) is 0 Å². The minimum absolute atomic E-state index is 0.276. The first-order chi connectivity index (χ1) is 8.33. The van der Waals surface area contributed by atoms with Crippen molar-refractivity contribution in [2.24, 2.45) is 5.92 Å². The van der Waals surface area contributed by atoms with Crippen LogP contribution in [0.15, 0.2) is 18.2 Å². The molecular weight excluding hydrogens is 214 g/mol. The molecule has 0 bridgehead atoms. The standard InChI is InChI=1S/C14H19NO2/c16-11-5-6-12-13(9-17-14(12)8-11)15-7-1-2-10-3-4-10/h5-6,8,10,13,15-16H,1-4,7,9H2. The lowest BCUT2D eigenvalue weighted by molar-refractivity contribution is 0.309. The number of benzene rings is 1. The molecule has 1 saturated carbocycles. The summed E-state index contributed by atoms with van der Waals surface area (Å²) in [7, 11) is 0. The van der Waals surface area contributed by atoms with Gasteiger partial charge in [-0.1, -0.05) is 12.8 Å². The van der Waals surface area contributed by atoms with E-state index in [9.17, 15) is 5.11 Å². The smallest absolute Gasteiger partial charge is 0.127 e. The summed E-state index contributed by atoms with van der Waals surface area (Å²) >= 11 is 0. The summed E-state index contributed by atoms with van der Waals surface area (Å²) < 4.78 is 5.56. The average molecular weight is 233 g/mol. The van der Waals surface area contributed by atoms with Crippen LogP contribution in [0.4, 0.5) is 0 Å². The Morgan fingerprint density at radius 3 is 3.06 bits per heavy atom. The van der Waals surface area contributed by atoms with Crippen molar-refractivity contribution in [3.05, 3.63) is 23.8 Å². The number of fused-ring (bicyclic) bond motifs is 1. The number of hydrogen-bond acceptors (Lipinski definition) is 3. The molecule has 1 aliphatic heterocycles. The molecular formula is C14H19NO2. The third kappa shape index (κ3) is 2.55. The van der Waals surface area contributed by atoms with E-state index < -0.39 is 0 Å². The molecule has 0 saturated heterocycles. The highest BCUT2D eigenvalue weighted by molar-refractivity contribution is 5.44. The molecule has 92 valence electrons. The van der Waals surface area contributed by atoms with E-state index in [1.807, 2.05) is 6.07 Å². The summed E-state index contributed by atoms with van der Waals surface area (Å²) in [5.41, 5.74) is 1.18. The summed E-state index contributed by atoms with van der Waals surface area (Å²) in [5, 5.41) is 12.9. The molecule has 1 fully saturated rings. The van der Waals surface area contributed by atoms with Crippen molar-refractivity contribution in [3.8, 4) is 11.5 Å². The third-order valence-electron chi connectivity index (χ3n) is 3.65. The van der Waals surface area contributed by atoms with Gasteiger partial charge in [0.2, 0.25) is 0 Å². The molecule has 2 aliphatic rings. The second kappa shape index (κ2) is 4.57. The molecule has 0 amide bonds. The fourth-order valence-corrected chi connectivity index (χ4v) is 2.44. The number of rotatable bonds is 5. The molecule has 17 heavy (non-hydrogen) atoms. The maximum absolute atomic E-state index is 9.36. The number of phenols is 1. The number of ether oxygens (including phenoxy) is 1. The van der Waals surface area contributed by atoms with E-state index in [4.69, 9.17) is 4.74 Å². The molecule has 0 aromatic heterocycles. The fraction of sp³-hybridized carbons (Fsp3) is 0.571. The van der Waals surface area contributed by atoms with Crippen LogP contribution in [-0.4, -0.2) is 18.3 Å². The molecule has 3 heteroatoms. The van der Waals surface area contributed by atoms with E-state index in [2.05, 4.69) is 5.32 Å². The van der Waals surface area contributed by atoms with E-state index in [-0.39, 0.29) is 5.75 Å². The Morgan fingerprint density at radius 2 is 2.24 bits per heavy atom. The van der Waals surface area contributed by atoms with Crippen molar-refractivity contribution in [3.63, 3.8) is 0 Å². The molecule has 2 N–H and O–H groups in total. The van der Waals surface area contributed by atoms with Gasteiger partial charge in [0.15, 0.2) is 0 Å². The highest BCUT2D eigenvalue weighted by Gasteiger charge is 2.24. The van der Waals surface area contributed by atoms with Crippen LogP contribution < -0.4 is 10.1 Å². The van der Waals surface area contributed by atoms with E-state index in [1.165, 1.54) is 31.2 Å². The van der Waals surface area contributed by atoms with Crippen molar-refractivity contribution < 1.29 is 9.84 Å². The maximum atomic E-state index is 9.36. The quantitative estimate of drug-likeness (QED) is 0.768. The summed E-state index contributed by atoms with van der Waals surface area (Å²) in [5.74, 6) is 2.11. The normalized spacial score (nSPS) is 22.2. The van der Waals surface area contributed by atoms with E-state index in [0.717, 1.165) is 18.2 Å². The van der Waals surface area contributed by atoms with E-state index >= 15 is 0 Å². The molecule has 1 unspecified atom stereocenters. The van der Waals surface area contributed by atoms with Gasteiger partial charge in [-0.25, -0.2) is 0 Å². The van der Waals surface area contributed by atoms with Gasteiger partial charge in [0.25, 0.3) is 0 Å². The summed E-state index contributed by atoms with van der Waals surface area (Å²) in [6.45, 7) is 1.74. The van der Waals surface area contributed by atoms with Gasteiger partial charge in [0.05, 0.1) is 6.04 Å². The number of nitrogens with one attached hydrogen (secondary N) is 1. The number of aromatic hydroxyl groups is 1. The molecule has 0 radical (unpaired) electrons. The Balaban J connectivity index is 1.52. The van der Waals surface area contributed by atoms with Crippen LogP contribution in [-0.2, 0) is 0 Å². The zero-order valence-electron chi connectivity index (χ0n) is 9.98. The van der Waals surface area contributed by atoms with Crippen LogP contribution in [0.25, 0.3) is 0 Å². The molecule has 1 aromatic carbocycles. The monoisotopic (exact) mass is 233 g/mol. The predicted molar refractivity (Wildman–Crippen MR) is 66.3 cm³/mol. The molecule has 3 nitrogen and oxygen atoms in total. The molecule has 1 aromatic rings. The summed E-state index contributed by atoms with van der Waals surface area (Å²) in [6.07, 6.45) is 5.50. The van der Waals surface area contributed by atoms with Crippen LogP contribution in [0.1, 0.15) is 37.3 Å². The van der Waals surface area contributed by atoms with Gasteiger partial charge in [-0.3, -0.25) is 0 Å². The fourth-order valence-electron chi connectivity index (χ4n) is 2.44.